The van der Waals surface area contributed by atoms with Crippen molar-refractivity contribution in [3.63, 3.8) is 0 Å². The molecule has 0 fully saturated rings. The van der Waals surface area contributed by atoms with Crippen molar-refractivity contribution in [2.45, 2.75) is 25.9 Å². The summed E-state index contributed by atoms with van der Waals surface area (Å²) in [6.45, 7) is 2.68. The van der Waals surface area contributed by atoms with Crippen molar-refractivity contribution in [1.82, 2.24) is 5.32 Å². The van der Waals surface area contributed by atoms with Gasteiger partial charge in [-0.2, -0.15) is 13.2 Å². The third-order valence-electron chi connectivity index (χ3n) is 4.38. The van der Waals surface area contributed by atoms with E-state index in [1.807, 2.05) is 0 Å². The number of carbonyl (C=O) groups is 2. The van der Waals surface area contributed by atoms with E-state index in [2.05, 4.69) is 5.32 Å². The minimum Gasteiger partial charge on any atom is -0.478 e. The highest BCUT2D eigenvalue weighted by molar-refractivity contribution is 5.99. The van der Waals surface area contributed by atoms with Crippen LogP contribution in [0.2, 0.25) is 0 Å². The lowest BCUT2D eigenvalue weighted by Crippen LogP contribution is -2.32. The number of nitrogens with one attached hydrogen (secondary N) is 1. The zero-order chi connectivity index (χ0) is 21.9. The molecule has 0 aliphatic carbocycles. The van der Waals surface area contributed by atoms with Crippen molar-refractivity contribution >= 4 is 11.9 Å². The molecule has 1 atom stereocenters. The number of carbonyl (C=O) groups excluding carboxylic acids is 1. The molecule has 1 aromatic carbocycles. The van der Waals surface area contributed by atoms with Gasteiger partial charge in [-0.15, -0.1) is 0 Å². The zero-order valence-electron chi connectivity index (χ0n) is 15.8. The summed E-state index contributed by atoms with van der Waals surface area (Å²) in [5.41, 5.74) is -2.66. The molecule has 1 aliphatic rings. The van der Waals surface area contributed by atoms with Crippen LogP contribution in [0.25, 0.3) is 0 Å². The molecule has 158 valence electrons. The summed E-state index contributed by atoms with van der Waals surface area (Å²) in [4.78, 5) is 24.4. The molecule has 0 amide bonds. The van der Waals surface area contributed by atoms with Gasteiger partial charge in [0.25, 0.3) is 0 Å². The van der Waals surface area contributed by atoms with Crippen LogP contribution in [0.15, 0.2) is 40.7 Å². The van der Waals surface area contributed by atoms with E-state index in [1.54, 1.807) is 0 Å². The number of ether oxygens (including phenoxy) is 2. The summed E-state index contributed by atoms with van der Waals surface area (Å²) in [7, 11) is 1.37. The van der Waals surface area contributed by atoms with Crippen LogP contribution in [-0.4, -0.2) is 37.4 Å². The maximum atomic E-state index is 14.8. The lowest BCUT2D eigenvalue weighted by atomic mass is 9.79. The van der Waals surface area contributed by atoms with Gasteiger partial charge in [-0.25, -0.2) is 14.0 Å². The van der Waals surface area contributed by atoms with Crippen LogP contribution in [0.1, 0.15) is 30.9 Å². The number of alkyl halides is 3. The molecule has 2 rings (SSSR count). The van der Waals surface area contributed by atoms with Gasteiger partial charge in [0.15, 0.2) is 0 Å². The van der Waals surface area contributed by atoms with Gasteiger partial charge >= 0.3 is 18.1 Å². The molecule has 2 N–H and O–H groups in total. The molecular weight excluding hydrogens is 398 g/mol. The van der Waals surface area contributed by atoms with Gasteiger partial charge in [0.1, 0.15) is 12.4 Å². The molecule has 10 heteroatoms. The Bertz CT molecular complexity index is 889. The average Bonchev–Trinajstić information content (AvgIpc) is 2.60. The second-order valence-corrected chi connectivity index (χ2v) is 6.28. The Balaban J connectivity index is 2.68. The number of rotatable bonds is 6. The highest BCUT2D eigenvalue weighted by Crippen LogP contribution is 2.42. The summed E-state index contributed by atoms with van der Waals surface area (Å²) in [6, 6.07) is 2.53. The van der Waals surface area contributed by atoms with Crippen LogP contribution >= 0.6 is 0 Å². The number of esters is 1. The van der Waals surface area contributed by atoms with Crippen LogP contribution in [0.4, 0.5) is 17.6 Å². The number of halogens is 4. The molecule has 0 saturated carbocycles. The van der Waals surface area contributed by atoms with E-state index in [9.17, 15) is 32.3 Å². The average molecular weight is 417 g/mol. The van der Waals surface area contributed by atoms with Gasteiger partial charge < -0.3 is 19.9 Å². The monoisotopic (exact) mass is 417 g/mol. The van der Waals surface area contributed by atoms with E-state index in [4.69, 9.17) is 9.47 Å². The lowest BCUT2D eigenvalue weighted by molar-refractivity contribution is -0.141. The molecule has 1 aromatic rings. The molecule has 0 saturated heterocycles. The minimum absolute atomic E-state index is 0.0503. The van der Waals surface area contributed by atoms with Crippen molar-refractivity contribution < 1.29 is 41.7 Å². The Hall–Kier alpha value is -2.88. The largest absolute Gasteiger partial charge is 0.478 e. The van der Waals surface area contributed by atoms with Gasteiger partial charge in [-0.05, 0) is 19.9 Å². The minimum atomic E-state index is -4.99. The van der Waals surface area contributed by atoms with Crippen molar-refractivity contribution in [1.29, 1.82) is 0 Å². The number of benzene rings is 1. The fourth-order valence-electron chi connectivity index (χ4n) is 3.15. The van der Waals surface area contributed by atoms with E-state index in [0.29, 0.717) is 6.07 Å². The van der Waals surface area contributed by atoms with Gasteiger partial charge in [0, 0.05) is 24.1 Å². The van der Waals surface area contributed by atoms with Gasteiger partial charge in [0.2, 0.25) is 0 Å². The topological polar surface area (TPSA) is 84.9 Å². The molecule has 1 unspecified atom stereocenters. The van der Waals surface area contributed by atoms with Crippen molar-refractivity contribution in [2.24, 2.45) is 0 Å². The van der Waals surface area contributed by atoms with Crippen LogP contribution < -0.4 is 5.32 Å². The maximum Gasteiger partial charge on any atom is 0.419 e. The number of carboxylic acids is 1. The van der Waals surface area contributed by atoms with Crippen LogP contribution in [0, 0.1) is 5.82 Å². The first-order valence-corrected chi connectivity index (χ1v) is 8.44. The van der Waals surface area contributed by atoms with Crippen molar-refractivity contribution in [3.05, 3.63) is 57.7 Å². The number of dihydropyridines is 1. The van der Waals surface area contributed by atoms with E-state index in [0.717, 1.165) is 12.1 Å². The summed E-state index contributed by atoms with van der Waals surface area (Å²) < 4.78 is 64.1. The molecule has 0 radical (unpaired) electrons. The number of carboxylic acid groups (broad SMARTS) is 1. The zero-order valence-corrected chi connectivity index (χ0v) is 15.8. The predicted molar refractivity (Wildman–Crippen MR) is 93.1 cm³/mol. The Labute approximate surface area is 163 Å². The Kier molecular flexibility index (Phi) is 6.68. The summed E-state index contributed by atoms with van der Waals surface area (Å²) in [6.07, 6.45) is -4.99. The van der Waals surface area contributed by atoms with Gasteiger partial charge in [-0.3, -0.25) is 0 Å². The van der Waals surface area contributed by atoms with Gasteiger partial charge in [-0.1, -0.05) is 12.1 Å². The molecule has 1 heterocycles. The maximum absolute atomic E-state index is 14.8. The fourth-order valence-corrected chi connectivity index (χ4v) is 3.15. The van der Waals surface area contributed by atoms with Crippen molar-refractivity contribution in [2.75, 3.05) is 20.3 Å². The Morgan fingerprint density at radius 1 is 1.14 bits per heavy atom. The van der Waals surface area contributed by atoms with E-state index >= 15 is 0 Å². The standard InChI is InChI=1S/C19H19F4NO5/c1-9-13(17(25)26)15(11-5-4-6-12(16(11)20)19(21,22)23)14(10(2)24-9)18(27)29-8-7-28-3/h4-6,15,24H,7-8H2,1-3H3,(H,25,26). The Morgan fingerprint density at radius 3 is 2.31 bits per heavy atom. The summed E-state index contributed by atoms with van der Waals surface area (Å²) in [5.74, 6) is -5.73. The number of hydrogen-bond acceptors (Lipinski definition) is 5. The molecule has 1 aliphatic heterocycles. The molecule has 6 nitrogen and oxygen atoms in total. The fraction of sp³-hybridized carbons (Fsp3) is 0.368. The number of allylic oxidation sites excluding steroid dienone is 2. The van der Waals surface area contributed by atoms with E-state index in [-0.39, 0.29) is 30.2 Å². The second-order valence-electron chi connectivity index (χ2n) is 6.28. The number of hydrogen-bond donors (Lipinski definition) is 2. The Morgan fingerprint density at radius 2 is 1.76 bits per heavy atom. The summed E-state index contributed by atoms with van der Waals surface area (Å²) in [5, 5.41) is 12.3. The molecule has 0 bridgehead atoms. The smallest absolute Gasteiger partial charge is 0.419 e. The molecule has 0 aromatic heterocycles. The third kappa shape index (κ3) is 4.58. The normalized spacial score (nSPS) is 17.3. The SMILES string of the molecule is COCCOC(=O)C1=C(C)NC(C)=C(C(=O)O)C1c1cccc(C(F)(F)F)c1F. The van der Waals surface area contributed by atoms with Crippen molar-refractivity contribution in [3.8, 4) is 0 Å². The van der Waals surface area contributed by atoms with E-state index in [1.165, 1.54) is 21.0 Å². The first-order chi connectivity index (χ1) is 13.5. The first kappa shape index (κ1) is 22.4. The third-order valence-corrected chi connectivity index (χ3v) is 4.38. The lowest BCUT2D eigenvalue weighted by Gasteiger charge is -2.30. The molecular formula is C19H19F4NO5. The highest BCUT2D eigenvalue weighted by Gasteiger charge is 2.41. The second kappa shape index (κ2) is 8.64. The number of methoxy groups -OCH3 is 1. The van der Waals surface area contributed by atoms with E-state index < -0.39 is 46.6 Å². The highest BCUT2D eigenvalue weighted by atomic mass is 19.4. The van der Waals surface area contributed by atoms with Crippen LogP contribution in [-0.2, 0) is 25.2 Å². The molecule has 0 spiro atoms. The number of aliphatic carboxylic acids is 1. The van der Waals surface area contributed by atoms with Crippen LogP contribution in [0.3, 0.4) is 0 Å². The summed E-state index contributed by atoms with van der Waals surface area (Å²) >= 11 is 0. The predicted octanol–water partition coefficient (Wildman–Crippen LogP) is 3.35. The molecule has 29 heavy (non-hydrogen) atoms. The van der Waals surface area contributed by atoms with Gasteiger partial charge in [0.05, 0.1) is 29.2 Å². The van der Waals surface area contributed by atoms with Crippen LogP contribution in [0.5, 0.6) is 0 Å². The first-order valence-electron chi connectivity index (χ1n) is 8.44. The quantitative estimate of drug-likeness (QED) is 0.420.